The van der Waals surface area contributed by atoms with Crippen molar-refractivity contribution in [1.82, 2.24) is 24.8 Å². The first-order valence-electron chi connectivity index (χ1n) is 11.2. The molecule has 2 aromatic heterocycles. The molecular weight excluding hydrogens is 394 g/mol. The van der Waals surface area contributed by atoms with Crippen LogP contribution in [0, 0.1) is 11.3 Å². The summed E-state index contributed by atoms with van der Waals surface area (Å²) in [5.74, 6) is 2.03. The highest BCUT2D eigenvalue weighted by Gasteiger charge is 2.52. The van der Waals surface area contributed by atoms with E-state index in [2.05, 4.69) is 30.2 Å². The van der Waals surface area contributed by atoms with Gasteiger partial charge in [-0.3, -0.25) is 9.48 Å². The molecule has 1 saturated carbocycles. The van der Waals surface area contributed by atoms with E-state index in [1.807, 2.05) is 27.9 Å². The molecule has 1 unspecified atom stereocenters. The molecule has 162 valence electrons. The van der Waals surface area contributed by atoms with Crippen LogP contribution in [0.3, 0.4) is 0 Å². The van der Waals surface area contributed by atoms with Gasteiger partial charge in [0.1, 0.15) is 0 Å². The lowest BCUT2D eigenvalue weighted by atomic mass is 9.95. The number of rotatable bonds is 4. The van der Waals surface area contributed by atoms with E-state index in [4.69, 9.17) is 14.2 Å². The van der Waals surface area contributed by atoms with Gasteiger partial charge in [0.05, 0.1) is 31.0 Å². The lowest BCUT2D eigenvalue weighted by Gasteiger charge is -2.31. The molecule has 3 aliphatic rings. The number of hydrogen-bond acceptors (Lipinski definition) is 6. The van der Waals surface area contributed by atoms with E-state index in [0.29, 0.717) is 31.1 Å². The molecule has 1 amide bonds. The number of aromatic nitrogens is 4. The van der Waals surface area contributed by atoms with Gasteiger partial charge in [0.2, 0.25) is 5.91 Å². The van der Waals surface area contributed by atoms with Crippen molar-refractivity contribution in [3.8, 4) is 11.5 Å². The maximum absolute atomic E-state index is 12.7. The summed E-state index contributed by atoms with van der Waals surface area (Å²) in [4.78, 5) is 19.4. The summed E-state index contributed by atoms with van der Waals surface area (Å²) < 4.78 is 13.0. The molecule has 4 heterocycles. The fraction of sp³-hybridized carbons (Fsp3) is 0.565. The number of amides is 1. The summed E-state index contributed by atoms with van der Waals surface area (Å²) in [7, 11) is 0. The van der Waals surface area contributed by atoms with Crippen LogP contribution in [0.15, 0.2) is 28.9 Å². The van der Waals surface area contributed by atoms with Crippen LogP contribution in [0.2, 0.25) is 0 Å². The van der Waals surface area contributed by atoms with Crippen LogP contribution in [0.5, 0.6) is 0 Å². The molecule has 0 bridgehead atoms. The summed E-state index contributed by atoms with van der Waals surface area (Å²) in [6.07, 6.45) is 4.65. The predicted octanol–water partition coefficient (Wildman–Crippen LogP) is 3.41. The molecule has 31 heavy (non-hydrogen) atoms. The number of carbonyl (C=O) groups excluding carboxylic acids is 1. The van der Waals surface area contributed by atoms with E-state index < -0.39 is 0 Å². The first-order valence-corrected chi connectivity index (χ1v) is 11.2. The third kappa shape index (κ3) is 3.24. The molecule has 8 heteroatoms. The van der Waals surface area contributed by atoms with Crippen molar-refractivity contribution in [3.05, 3.63) is 30.2 Å². The van der Waals surface area contributed by atoms with Gasteiger partial charge in [-0.15, -0.1) is 0 Å². The third-order valence-electron chi connectivity index (χ3n) is 7.24. The highest BCUT2D eigenvalue weighted by atomic mass is 16.5. The van der Waals surface area contributed by atoms with Crippen LogP contribution in [0.1, 0.15) is 50.9 Å². The Morgan fingerprint density at radius 1 is 1.19 bits per heavy atom. The fourth-order valence-corrected chi connectivity index (χ4v) is 4.81. The molecule has 2 saturated heterocycles. The van der Waals surface area contributed by atoms with Crippen LogP contribution < -0.4 is 0 Å². The van der Waals surface area contributed by atoms with E-state index in [9.17, 15) is 4.79 Å². The Morgan fingerprint density at radius 2 is 1.97 bits per heavy atom. The van der Waals surface area contributed by atoms with Crippen LogP contribution in [-0.4, -0.2) is 57.0 Å². The van der Waals surface area contributed by atoms with Gasteiger partial charge in [-0.1, -0.05) is 25.1 Å². The van der Waals surface area contributed by atoms with E-state index in [1.54, 1.807) is 0 Å². The van der Waals surface area contributed by atoms with E-state index >= 15 is 0 Å². The average Bonchev–Trinajstić information content (AvgIpc) is 3.11. The zero-order valence-corrected chi connectivity index (χ0v) is 18.0. The van der Waals surface area contributed by atoms with Gasteiger partial charge in [0.15, 0.2) is 5.82 Å². The lowest BCUT2D eigenvalue weighted by Crippen LogP contribution is -2.39. The maximum atomic E-state index is 12.7. The second-order valence-electron chi connectivity index (χ2n) is 9.86. The number of hydrogen-bond donors (Lipinski definition) is 0. The third-order valence-corrected chi connectivity index (χ3v) is 7.24. The molecule has 6 rings (SSSR count). The summed E-state index contributed by atoms with van der Waals surface area (Å²) in [5, 5.41) is 9.88. The predicted molar refractivity (Wildman–Crippen MR) is 113 cm³/mol. The number of nitrogens with zero attached hydrogens (tertiary/aromatic N) is 5. The highest BCUT2D eigenvalue weighted by molar-refractivity contribution is 5.83. The standard InChI is InChI=1S/C23H27N5O3/c1-23(2)10-18(23)22(29)27-7-5-14(6-8-27)20-25-21(31-26-20)15-3-4-16-11-24-28(19(16)9-15)17-12-30-13-17/h3-4,9,11,14,17-18H,5-8,10,12-13H2,1-2H3. The van der Waals surface area contributed by atoms with E-state index in [0.717, 1.165) is 54.6 Å². The van der Waals surface area contributed by atoms with Gasteiger partial charge >= 0.3 is 0 Å². The molecule has 8 nitrogen and oxygen atoms in total. The maximum Gasteiger partial charge on any atom is 0.258 e. The van der Waals surface area contributed by atoms with E-state index in [-0.39, 0.29) is 17.3 Å². The Labute approximate surface area is 180 Å². The van der Waals surface area contributed by atoms with Crippen LogP contribution in [-0.2, 0) is 9.53 Å². The van der Waals surface area contributed by atoms with Crippen molar-refractivity contribution in [1.29, 1.82) is 0 Å². The van der Waals surface area contributed by atoms with Gasteiger partial charge in [-0.05, 0) is 36.8 Å². The molecule has 2 aliphatic heterocycles. The van der Waals surface area contributed by atoms with Crippen LogP contribution >= 0.6 is 0 Å². The monoisotopic (exact) mass is 421 g/mol. The van der Waals surface area contributed by atoms with Crippen molar-refractivity contribution < 1.29 is 14.1 Å². The minimum atomic E-state index is 0.179. The van der Waals surface area contributed by atoms with E-state index in [1.165, 1.54) is 0 Å². The Kier molecular flexibility index (Phi) is 4.21. The molecule has 1 aromatic carbocycles. The Morgan fingerprint density at radius 3 is 2.65 bits per heavy atom. The second kappa shape index (κ2) is 6.88. The SMILES string of the molecule is CC1(C)CC1C(=O)N1CCC(c2noc(-c3ccc4cnn(C5COC5)c4c3)n2)CC1. The number of benzene rings is 1. The normalized spacial score (nSPS) is 23.8. The smallest absolute Gasteiger partial charge is 0.258 e. The number of carbonyl (C=O) groups is 1. The fourth-order valence-electron chi connectivity index (χ4n) is 4.81. The number of piperidine rings is 1. The summed E-state index contributed by atoms with van der Waals surface area (Å²) in [5.41, 5.74) is 2.13. The second-order valence-corrected chi connectivity index (χ2v) is 9.86. The summed E-state index contributed by atoms with van der Waals surface area (Å²) in [6, 6.07) is 6.40. The molecule has 0 N–H and O–H groups in total. The van der Waals surface area contributed by atoms with Crippen LogP contribution in [0.4, 0.5) is 0 Å². The van der Waals surface area contributed by atoms with Crippen molar-refractivity contribution in [2.75, 3.05) is 26.3 Å². The van der Waals surface area contributed by atoms with Crippen molar-refractivity contribution in [2.24, 2.45) is 11.3 Å². The zero-order valence-electron chi connectivity index (χ0n) is 18.0. The summed E-state index contributed by atoms with van der Waals surface area (Å²) >= 11 is 0. The van der Waals surface area contributed by atoms with Gasteiger partial charge in [-0.2, -0.15) is 10.1 Å². The molecule has 1 aliphatic carbocycles. The number of likely N-dealkylation sites (tertiary alicyclic amines) is 1. The summed E-state index contributed by atoms with van der Waals surface area (Å²) in [6.45, 7) is 7.29. The highest BCUT2D eigenvalue weighted by Crippen LogP contribution is 2.52. The first kappa shape index (κ1) is 19.0. The lowest BCUT2D eigenvalue weighted by molar-refractivity contribution is -0.134. The Hall–Kier alpha value is -2.74. The van der Waals surface area contributed by atoms with Gasteiger partial charge in [-0.25, -0.2) is 0 Å². The van der Waals surface area contributed by atoms with Crippen molar-refractivity contribution in [2.45, 2.75) is 45.1 Å². The van der Waals surface area contributed by atoms with Gasteiger partial charge in [0, 0.05) is 35.9 Å². The quantitative estimate of drug-likeness (QED) is 0.642. The van der Waals surface area contributed by atoms with Crippen molar-refractivity contribution >= 4 is 16.8 Å². The minimum absolute atomic E-state index is 0.179. The van der Waals surface area contributed by atoms with Crippen LogP contribution in [0.25, 0.3) is 22.4 Å². The Balaban J connectivity index is 1.16. The number of ether oxygens (including phenoxy) is 1. The molecule has 0 radical (unpaired) electrons. The molecular formula is C23H27N5O3. The van der Waals surface area contributed by atoms with Gasteiger partial charge < -0.3 is 14.2 Å². The number of fused-ring (bicyclic) bond motifs is 1. The van der Waals surface area contributed by atoms with Crippen molar-refractivity contribution in [3.63, 3.8) is 0 Å². The average molecular weight is 422 g/mol. The van der Waals surface area contributed by atoms with Gasteiger partial charge in [0.25, 0.3) is 5.89 Å². The first-order chi connectivity index (χ1) is 15.0. The topological polar surface area (TPSA) is 86.3 Å². The largest absolute Gasteiger partial charge is 0.377 e. The molecule has 0 spiro atoms. The Bertz CT molecular complexity index is 1140. The minimum Gasteiger partial charge on any atom is -0.377 e. The molecule has 3 aromatic rings. The molecule has 1 atom stereocenters. The zero-order chi connectivity index (χ0) is 21.2. The molecule has 3 fully saturated rings.